The van der Waals surface area contributed by atoms with Gasteiger partial charge >= 0.3 is 18.1 Å². The summed E-state index contributed by atoms with van der Waals surface area (Å²) in [6.45, 7) is 5.15. The third-order valence-electron chi connectivity index (χ3n) is 3.62. The zero-order chi connectivity index (χ0) is 19.1. The predicted molar refractivity (Wildman–Crippen MR) is 86.5 cm³/mol. The van der Waals surface area contributed by atoms with Gasteiger partial charge in [-0.05, 0) is 44.0 Å². The lowest BCUT2D eigenvalue weighted by atomic mass is 9.91. The first-order valence-electron chi connectivity index (χ1n) is 7.75. The molecule has 25 heavy (non-hydrogen) atoms. The van der Waals surface area contributed by atoms with E-state index in [0.717, 1.165) is 18.2 Å². The van der Waals surface area contributed by atoms with Gasteiger partial charge in [0.1, 0.15) is 13.2 Å². The molecular weight excluding hydrogens is 337 g/mol. The average molecular weight is 358 g/mol. The van der Waals surface area contributed by atoms with Crippen LogP contribution in [0.2, 0.25) is 0 Å². The summed E-state index contributed by atoms with van der Waals surface area (Å²) < 4.78 is 47.6. The number of carbonyl (C=O) groups is 2. The van der Waals surface area contributed by atoms with Crippen LogP contribution in [0.15, 0.2) is 30.3 Å². The molecule has 0 bridgehead atoms. The Morgan fingerprint density at radius 2 is 1.76 bits per heavy atom. The Kier molecular flexibility index (Phi) is 7.21. The van der Waals surface area contributed by atoms with Gasteiger partial charge in [-0.25, -0.2) is 4.79 Å². The molecule has 7 heteroatoms. The monoisotopic (exact) mass is 358 g/mol. The molecule has 0 saturated heterocycles. The highest BCUT2D eigenvalue weighted by molar-refractivity contribution is 5.87. The second kappa shape index (κ2) is 8.69. The third-order valence-corrected chi connectivity index (χ3v) is 3.62. The molecule has 0 heterocycles. The number of rotatable bonds is 7. The number of halogens is 3. The maximum atomic E-state index is 12.6. The van der Waals surface area contributed by atoms with E-state index in [1.165, 1.54) is 18.2 Å². The largest absolute Gasteiger partial charge is 0.462 e. The Bertz CT molecular complexity index is 633. The first-order chi connectivity index (χ1) is 11.6. The van der Waals surface area contributed by atoms with E-state index in [9.17, 15) is 22.8 Å². The molecule has 0 aromatic heterocycles. The molecular formula is C18H21F3O4. The SMILES string of the molecule is CCC(C)(C)C(=O)OCCOC(=O)/C=C/c1cccc(C(F)(F)F)c1. The first-order valence-corrected chi connectivity index (χ1v) is 7.75. The first kappa shape index (κ1) is 20.7. The zero-order valence-electron chi connectivity index (χ0n) is 14.4. The molecule has 1 aromatic rings. The standard InChI is InChI=1S/C18H21F3O4/c1-4-17(2,3)16(23)25-11-10-24-15(22)9-8-13-6-5-7-14(12-13)18(19,20)21/h5-9,12H,4,10-11H2,1-3H3/b9-8+. The molecule has 0 amide bonds. The van der Waals surface area contributed by atoms with Crippen LogP contribution in [0, 0.1) is 5.41 Å². The fraction of sp³-hybridized carbons (Fsp3) is 0.444. The Morgan fingerprint density at radius 3 is 2.36 bits per heavy atom. The van der Waals surface area contributed by atoms with Crippen LogP contribution in [0.25, 0.3) is 6.08 Å². The Hall–Kier alpha value is -2.31. The summed E-state index contributed by atoms with van der Waals surface area (Å²) in [4.78, 5) is 23.2. The van der Waals surface area contributed by atoms with E-state index in [4.69, 9.17) is 9.47 Å². The minimum atomic E-state index is -4.44. The lowest BCUT2D eigenvalue weighted by molar-refractivity contribution is -0.157. The molecule has 0 fully saturated rings. The molecule has 1 aromatic carbocycles. The molecule has 0 saturated carbocycles. The van der Waals surface area contributed by atoms with Gasteiger partial charge < -0.3 is 9.47 Å². The predicted octanol–water partition coefficient (Wildman–Crippen LogP) is 4.24. The summed E-state index contributed by atoms with van der Waals surface area (Å²) in [5.74, 6) is -1.12. The lowest BCUT2D eigenvalue weighted by Crippen LogP contribution is -2.27. The molecule has 0 spiro atoms. The minimum Gasteiger partial charge on any atom is -0.462 e. The number of benzene rings is 1. The Balaban J connectivity index is 2.45. The summed E-state index contributed by atoms with van der Waals surface area (Å²) in [6, 6.07) is 4.57. The molecule has 0 aliphatic rings. The van der Waals surface area contributed by atoms with Crippen LogP contribution in [0.1, 0.15) is 38.3 Å². The topological polar surface area (TPSA) is 52.6 Å². The van der Waals surface area contributed by atoms with Crippen molar-refractivity contribution in [2.45, 2.75) is 33.4 Å². The van der Waals surface area contributed by atoms with Crippen LogP contribution >= 0.6 is 0 Å². The second-order valence-corrected chi connectivity index (χ2v) is 6.00. The molecule has 138 valence electrons. The fourth-order valence-electron chi connectivity index (χ4n) is 1.65. The highest BCUT2D eigenvalue weighted by Crippen LogP contribution is 2.29. The van der Waals surface area contributed by atoms with Gasteiger partial charge in [0.2, 0.25) is 0 Å². The van der Waals surface area contributed by atoms with E-state index >= 15 is 0 Å². The van der Waals surface area contributed by atoms with Crippen LogP contribution in [0.5, 0.6) is 0 Å². The van der Waals surface area contributed by atoms with Gasteiger partial charge in [0.25, 0.3) is 0 Å². The number of hydrogen-bond donors (Lipinski definition) is 0. The second-order valence-electron chi connectivity index (χ2n) is 6.00. The summed E-state index contributed by atoms with van der Waals surface area (Å²) in [6.07, 6.45) is -1.58. The number of hydrogen-bond acceptors (Lipinski definition) is 4. The maximum absolute atomic E-state index is 12.6. The van der Waals surface area contributed by atoms with E-state index < -0.39 is 23.1 Å². The minimum absolute atomic E-state index is 0.0780. The number of carbonyl (C=O) groups excluding carboxylic acids is 2. The highest BCUT2D eigenvalue weighted by atomic mass is 19.4. The van der Waals surface area contributed by atoms with E-state index in [2.05, 4.69) is 0 Å². The van der Waals surface area contributed by atoms with Crippen molar-refractivity contribution in [3.63, 3.8) is 0 Å². The molecule has 0 N–H and O–H groups in total. The van der Waals surface area contributed by atoms with Crippen molar-refractivity contribution in [2.75, 3.05) is 13.2 Å². The average Bonchev–Trinajstić information content (AvgIpc) is 2.56. The van der Waals surface area contributed by atoms with Gasteiger partial charge in [-0.2, -0.15) is 13.2 Å². The van der Waals surface area contributed by atoms with Crippen molar-refractivity contribution < 1.29 is 32.2 Å². The Labute approximate surface area is 144 Å². The van der Waals surface area contributed by atoms with Crippen molar-refractivity contribution in [2.24, 2.45) is 5.41 Å². The van der Waals surface area contributed by atoms with Gasteiger partial charge in [-0.1, -0.05) is 19.1 Å². The van der Waals surface area contributed by atoms with E-state index in [1.807, 2.05) is 6.92 Å². The third kappa shape index (κ3) is 6.99. The van der Waals surface area contributed by atoms with Crippen LogP contribution in [-0.2, 0) is 25.2 Å². The van der Waals surface area contributed by atoms with Crippen molar-refractivity contribution >= 4 is 18.0 Å². The molecule has 1 rings (SSSR count). The van der Waals surface area contributed by atoms with Crippen molar-refractivity contribution in [1.29, 1.82) is 0 Å². The summed E-state index contributed by atoms with van der Waals surface area (Å²) in [5.41, 5.74) is -1.18. The van der Waals surface area contributed by atoms with E-state index in [-0.39, 0.29) is 24.7 Å². The summed E-state index contributed by atoms with van der Waals surface area (Å²) in [5, 5.41) is 0. The molecule has 0 aliphatic heterocycles. The fourth-order valence-corrected chi connectivity index (χ4v) is 1.65. The van der Waals surface area contributed by atoms with Gasteiger partial charge in [-0.3, -0.25) is 4.79 Å². The molecule has 4 nitrogen and oxygen atoms in total. The molecule has 0 aliphatic carbocycles. The number of ether oxygens (including phenoxy) is 2. The highest BCUT2D eigenvalue weighted by Gasteiger charge is 2.30. The van der Waals surface area contributed by atoms with Crippen LogP contribution in [0.3, 0.4) is 0 Å². The number of alkyl halides is 3. The van der Waals surface area contributed by atoms with Crippen molar-refractivity contribution in [1.82, 2.24) is 0 Å². The smallest absolute Gasteiger partial charge is 0.416 e. The van der Waals surface area contributed by atoms with Crippen molar-refractivity contribution in [3.8, 4) is 0 Å². The van der Waals surface area contributed by atoms with Crippen LogP contribution in [-0.4, -0.2) is 25.2 Å². The van der Waals surface area contributed by atoms with Crippen LogP contribution in [0.4, 0.5) is 13.2 Å². The lowest BCUT2D eigenvalue weighted by Gasteiger charge is -2.20. The van der Waals surface area contributed by atoms with Gasteiger partial charge in [-0.15, -0.1) is 0 Å². The van der Waals surface area contributed by atoms with Gasteiger partial charge in [0.15, 0.2) is 0 Å². The van der Waals surface area contributed by atoms with E-state index in [0.29, 0.717) is 6.42 Å². The molecule has 0 unspecified atom stereocenters. The van der Waals surface area contributed by atoms with E-state index in [1.54, 1.807) is 13.8 Å². The Morgan fingerprint density at radius 1 is 1.12 bits per heavy atom. The van der Waals surface area contributed by atoms with Gasteiger partial charge in [0.05, 0.1) is 11.0 Å². The quantitative estimate of drug-likeness (QED) is 0.416. The summed E-state index contributed by atoms with van der Waals surface area (Å²) in [7, 11) is 0. The summed E-state index contributed by atoms with van der Waals surface area (Å²) >= 11 is 0. The normalized spacial score (nSPS) is 12.2. The van der Waals surface area contributed by atoms with Gasteiger partial charge in [0, 0.05) is 6.08 Å². The van der Waals surface area contributed by atoms with Crippen LogP contribution < -0.4 is 0 Å². The van der Waals surface area contributed by atoms with Crippen molar-refractivity contribution in [3.05, 3.63) is 41.5 Å². The molecule has 0 atom stereocenters. The number of esters is 2. The maximum Gasteiger partial charge on any atom is 0.416 e. The zero-order valence-corrected chi connectivity index (χ0v) is 14.4. The molecule has 0 radical (unpaired) electrons.